The SMILES string of the molecule is CC(C)(CO)[C@@H](c1ccccc1O)N1CCNCC1.Cl. The number of hydrogen-bond acceptors (Lipinski definition) is 4. The Balaban J connectivity index is 0.00000200. The van der Waals surface area contributed by atoms with E-state index in [1.807, 2.05) is 32.0 Å². The number of nitrogens with zero attached hydrogens (tertiary/aromatic N) is 1. The predicted octanol–water partition coefficient (Wildman–Crippen LogP) is 1.78. The van der Waals surface area contributed by atoms with E-state index in [2.05, 4.69) is 10.2 Å². The molecule has 1 aromatic carbocycles. The summed E-state index contributed by atoms with van der Waals surface area (Å²) in [5, 5.41) is 23.2. The summed E-state index contributed by atoms with van der Waals surface area (Å²) in [5.41, 5.74) is 0.611. The Kier molecular flexibility index (Phi) is 6.27. The smallest absolute Gasteiger partial charge is 0.120 e. The molecule has 0 amide bonds. The quantitative estimate of drug-likeness (QED) is 0.793. The summed E-state index contributed by atoms with van der Waals surface area (Å²) < 4.78 is 0. The largest absolute Gasteiger partial charge is 0.508 e. The fourth-order valence-electron chi connectivity index (χ4n) is 2.86. The lowest BCUT2D eigenvalue weighted by atomic mass is 9.79. The van der Waals surface area contributed by atoms with Crippen molar-refractivity contribution in [3.05, 3.63) is 29.8 Å². The molecule has 20 heavy (non-hydrogen) atoms. The third-order valence-electron chi connectivity index (χ3n) is 3.90. The van der Waals surface area contributed by atoms with Gasteiger partial charge in [0.05, 0.1) is 0 Å². The van der Waals surface area contributed by atoms with Crippen molar-refractivity contribution >= 4 is 12.4 Å². The monoisotopic (exact) mass is 300 g/mol. The molecular weight excluding hydrogens is 276 g/mol. The number of piperazine rings is 1. The summed E-state index contributed by atoms with van der Waals surface area (Å²) in [5.74, 6) is 0.313. The van der Waals surface area contributed by atoms with Crippen LogP contribution in [0.3, 0.4) is 0 Å². The van der Waals surface area contributed by atoms with Crippen LogP contribution in [0.5, 0.6) is 5.75 Å². The number of para-hydroxylation sites is 1. The molecule has 0 saturated carbocycles. The molecule has 4 nitrogen and oxygen atoms in total. The predicted molar refractivity (Wildman–Crippen MR) is 83.4 cm³/mol. The number of rotatable bonds is 4. The van der Waals surface area contributed by atoms with Gasteiger partial charge in [0, 0.05) is 49.8 Å². The number of phenolic OH excluding ortho intramolecular Hbond substituents is 1. The van der Waals surface area contributed by atoms with E-state index in [0.717, 1.165) is 31.7 Å². The molecule has 0 aliphatic carbocycles. The Labute approximate surface area is 127 Å². The van der Waals surface area contributed by atoms with E-state index in [1.54, 1.807) is 6.07 Å². The molecule has 0 radical (unpaired) electrons. The van der Waals surface area contributed by atoms with Crippen molar-refractivity contribution in [3.8, 4) is 5.75 Å². The van der Waals surface area contributed by atoms with E-state index in [0.29, 0.717) is 5.75 Å². The van der Waals surface area contributed by atoms with Gasteiger partial charge in [0.25, 0.3) is 0 Å². The third kappa shape index (κ3) is 3.64. The standard InChI is InChI=1S/C15H24N2O2.ClH/c1-15(2,11-18)14(17-9-7-16-8-10-17)12-5-3-4-6-13(12)19;/h3-6,14,16,18-19H,7-11H2,1-2H3;1H/t14-;/m1./s1. The lowest BCUT2D eigenvalue weighted by Crippen LogP contribution is -2.49. The van der Waals surface area contributed by atoms with E-state index in [-0.39, 0.29) is 30.5 Å². The van der Waals surface area contributed by atoms with E-state index >= 15 is 0 Å². The number of aromatic hydroxyl groups is 1. The van der Waals surface area contributed by atoms with Gasteiger partial charge in [0.2, 0.25) is 0 Å². The van der Waals surface area contributed by atoms with Crippen molar-refractivity contribution in [2.24, 2.45) is 5.41 Å². The van der Waals surface area contributed by atoms with Gasteiger partial charge in [-0.15, -0.1) is 12.4 Å². The molecule has 114 valence electrons. The van der Waals surface area contributed by atoms with Gasteiger partial charge in [-0.1, -0.05) is 32.0 Å². The molecule has 3 N–H and O–H groups in total. The zero-order valence-electron chi connectivity index (χ0n) is 12.2. The highest BCUT2D eigenvalue weighted by molar-refractivity contribution is 5.85. The van der Waals surface area contributed by atoms with Crippen LogP contribution in [0.2, 0.25) is 0 Å². The third-order valence-corrected chi connectivity index (χ3v) is 3.90. The Morgan fingerprint density at radius 2 is 1.85 bits per heavy atom. The van der Waals surface area contributed by atoms with Gasteiger partial charge in [-0.3, -0.25) is 4.90 Å². The van der Waals surface area contributed by atoms with Crippen LogP contribution in [0.1, 0.15) is 25.5 Å². The minimum absolute atomic E-state index is 0. The molecule has 1 aromatic rings. The highest BCUT2D eigenvalue weighted by Crippen LogP contribution is 2.41. The molecule has 0 unspecified atom stereocenters. The fourth-order valence-corrected chi connectivity index (χ4v) is 2.86. The first-order chi connectivity index (χ1) is 9.06. The molecule has 1 atom stereocenters. The molecular formula is C15H25ClN2O2. The van der Waals surface area contributed by atoms with Crippen LogP contribution in [-0.2, 0) is 0 Å². The Bertz CT molecular complexity index is 420. The summed E-state index contributed by atoms with van der Waals surface area (Å²) >= 11 is 0. The maximum Gasteiger partial charge on any atom is 0.120 e. The molecule has 1 saturated heterocycles. The number of benzene rings is 1. The van der Waals surface area contributed by atoms with Gasteiger partial charge >= 0.3 is 0 Å². The first-order valence-electron chi connectivity index (χ1n) is 6.90. The van der Waals surface area contributed by atoms with Crippen molar-refractivity contribution in [1.29, 1.82) is 0 Å². The summed E-state index contributed by atoms with van der Waals surface area (Å²) in [6.45, 7) is 7.95. The summed E-state index contributed by atoms with van der Waals surface area (Å²) in [6.07, 6.45) is 0. The van der Waals surface area contributed by atoms with Crippen molar-refractivity contribution in [3.63, 3.8) is 0 Å². The van der Waals surface area contributed by atoms with Crippen LogP contribution < -0.4 is 5.32 Å². The Morgan fingerprint density at radius 3 is 2.40 bits per heavy atom. The number of nitrogens with one attached hydrogen (secondary N) is 1. The molecule has 0 spiro atoms. The lowest BCUT2D eigenvalue weighted by Gasteiger charge is -2.43. The number of aliphatic hydroxyl groups is 1. The average Bonchev–Trinajstić information content (AvgIpc) is 2.42. The van der Waals surface area contributed by atoms with Gasteiger partial charge in [-0.2, -0.15) is 0 Å². The van der Waals surface area contributed by atoms with E-state index in [9.17, 15) is 10.2 Å². The molecule has 2 rings (SSSR count). The average molecular weight is 301 g/mol. The lowest BCUT2D eigenvalue weighted by molar-refractivity contribution is 0.0293. The maximum absolute atomic E-state index is 10.1. The normalized spacial score (nSPS) is 18.4. The van der Waals surface area contributed by atoms with Gasteiger partial charge < -0.3 is 15.5 Å². The summed E-state index contributed by atoms with van der Waals surface area (Å²) in [6, 6.07) is 7.48. The van der Waals surface area contributed by atoms with Crippen molar-refractivity contribution in [2.75, 3.05) is 32.8 Å². The van der Waals surface area contributed by atoms with Crippen LogP contribution in [0.15, 0.2) is 24.3 Å². The van der Waals surface area contributed by atoms with Gasteiger partial charge in [-0.25, -0.2) is 0 Å². The molecule has 1 aliphatic rings. The maximum atomic E-state index is 10.1. The van der Waals surface area contributed by atoms with E-state index in [4.69, 9.17) is 0 Å². The van der Waals surface area contributed by atoms with Gasteiger partial charge in [0.1, 0.15) is 5.75 Å². The summed E-state index contributed by atoms with van der Waals surface area (Å²) in [4.78, 5) is 2.35. The van der Waals surface area contributed by atoms with Crippen LogP contribution in [0.4, 0.5) is 0 Å². The highest BCUT2D eigenvalue weighted by Gasteiger charge is 2.36. The summed E-state index contributed by atoms with van der Waals surface area (Å²) in [7, 11) is 0. The number of phenols is 1. The zero-order valence-corrected chi connectivity index (χ0v) is 13.0. The minimum atomic E-state index is -0.295. The second kappa shape index (κ2) is 7.27. The van der Waals surface area contributed by atoms with Crippen LogP contribution in [0, 0.1) is 5.41 Å². The van der Waals surface area contributed by atoms with E-state index in [1.165, 1.54) is 0 Å². The van der Waals surface area contributed by atoms with E-state index < -0.39 is 0 Å². The highest BCUT2D eigenvalue weighted by atomic mass is 35.5. The Hall–Kier alpha value is -0.810. The van der Waals surface area contributed by atoms with Crippen molar-refractivity contribution < 1.29 is 10.2 Å². The molecule has 1 heterocycles. The fraction of sp³-hybridized carbons (Fsp3) is 0.600. The Morgan fingerprint density at radius 1 is 1.25 bits per heavy atom. The molecule has 0 bridgehead atoms. The first-order valence-corrected chi connectivity index (χ1v) is 6.90. The zero-order chi connectivity index (χ0) is 13.9. The molecule has 5 heteroatoms. The van der Waals surface area contributed by atoms with Crippen LogP contribution >= 0.6 is 12.4 Å². The van der Waals surface area contributed by atoms with Crippen LogP contribution in [-0.4, -0.2) is 47.9 Å². The minimum Gasteiger partial charge on any atom is -0.508 e. The second-order valence-corrected chi connectivity index (χ2v) is 5.89. The topological polar surface area (TPSA) is 55.7 Å². The number of hydrogen-bond donors (Lipinski definition) is 3. The van der Waals surface area contributed by atoms with Crippen molar-refractivity contribution in [2.45, 2.75) is 19.9 Å². The van der Waals surface area contributed by atoms with Crippen molar-refractivity contribution in [1.82, 2.24) is 10.2 Å². The molecule has 0 aromatic heterocycles. The van der Waals surface area contributed by atoms with Gasteiger partial charge in [-0.05, 0) is 6.07 Å². The molecule has 1 fully saturated rings. The van der Waals surface area contributed by atoms with Crippen LogP contribution in [0.25, 0.3) is 0 Å². The molecule has 1 aliphatic heterocycles. The number of aliphatic hydroxyl groups excluding tert-OH is 1. The number of halogens is 1. The second-order valence-electron chi connectivity index (χ2n) is 5.89. The van der Waals surface area contributed by atoms with Gasteiger partial charge in [0.15, 0.2) is 0 Å². The first kappa shape index (κ1) is 17.2.